The summed E-state index contributed by atoms with van der Waals surface area (Å²) in [4.78, 5) is 22.6. The van der Waals surface area contributed by atoms with E-state index in [2.05, 4.69) is 53.6 Å². The van der Waals surface area contributed by atoms with Gasteiger partial charge >= 0.3 is 0 Å². The topological polar surface area (TPSA) is 73.8 Å². The number of hydrogen-bond acceptors (Lipinski definition) is 5. The summed E-state index contributed by atoms with van der Waals surface area (Å²) < 4.78 is 2.19. The average molecular weight is 409 g/mol. The number of carbonyl (C=O) groups excluding carboxylic acids is 1. The first kappa shape index (κ1) is 20.0. The molecule has 4 rings (SSSR count). The summed E-state index contributed by atoms with van der Waals surface area (Å²) in [5, 5.41) is 0.923. The number of carbonyl (C=O) groups is 1. The summed E-state index contributed by atoms with van der Waals surface area (Å²) >= 11 is 1.80. The van der Waals surface area contributed by atoms with E-state index in [1.807, 2.05) is 6.92 Å². The predicted molar refractivity (Wildman–Crippen MR) is 120 cm³/mol. The second-order valence-electron chi connectivity index (χ2n) is 8.74. The van der Waals surface area contributed by atoms with Crippen molar-refractivity contribution in [3.05, 3.63) is 41.5 Å². The molecule has 1 aromatic carbocycles. The van der Waals surface area contributed by atoms with Gasteiger partial charge in [-0.3, -0.25) is 4.79 Å². The Kier molecular flexibility index (Phi) is 5.15. The van der Waals surface area contributed by atoms with Crippen LogP contribution in [-0.4, -0.2) is 26.1 Å². The number of hydrogen-bond donors (Lipinski definition) is 1. The summed E-state index contributed by atoms with van der Waals surface area (Å²) in [6.07, 6.45) is 7.39. The second kappa shape index (κ2) is 7.48. The van der Waals surface area contributed by atoms with Gasteiger partial charge in [-0.25, -0.2) is 9.97 Å². The van der Waals surface area contributed by atoms with Crippen LogP contribution >= 0.6 is 11.8 Å². The van der Waals surface area contributed by atoms with Crippen molar-refractivity contribution in [1.82, 2.24) is 14.5 Å². The van der Waals surface area contributed by atoms with Crippen molar-refractivity contribution < 1.29 is 4.79 Å². The van der Waals surface area contributed by atoms with Gasteiger partial charge in [0.2, 0.25) is 0 Å². The molecule has 0 atom stereocenters. The molecular formula is C23H28N4OS. The number of rotatable bonds is 5. The fourth-order valence-electron chi connectivity index (χ4n) is 4.25. The molecule has 152 valence electrons. The summed E-state index contributed by atoms with van der Waals surface area (Å²) in [5.41, 5.74) is 11.1. The molecule has 0 radical (unpaired) electrons. The molecular weight excluding hydrogens is 380 g/mol. The van der Waals surface area contributed by atoms with Gasteiger partial charge in [0.1, 0.15) is 12.1 Å². The third-order valence-electron chi connectivity index (χ3n) is 5.61. The third kappa shape index (κ3) is 3.66. The van der Waals surface area contributed by atoms with E-state index < -0.39 is 0 Å². The maximum Gasteiger partial charge on any atom is 0.165 e. The van der Waals surface area contributed by atoms with E-state index in [0.29, 0.717) is 12.2 Å². The van der Waals surface area contributed by atoms with Crippen LogP contribution in [0.25, 0.3) is 16.6 Å². The van der Waals surface area contributed by atoms with Gasteiger partial charge in [0, 0.05) is 34.5 Å². The summed E-state index contributed by atoms with van der Waals surface area (Å²) in [5.74, 6) is 1.79. The van der Waals surface area contributed by atoms with E-state index in [4.69, 9.17) is 5.73 Å². The Bertz CT molecular complexity index is 1100. The standard InChI is InChI=1S/C23H28N4OS/c1-5-6-7-29-19-9-15(8-16-21(19)22(24)26-13-25-16)27-12-14(2)20-17(27)10-23(3,4)11-18(20)28/h8-9,12-13H,5-7,10-11H2,1-4H3,(H2,24,25,26). The molecule has 0 saturated carbocycles. The lowest BCUT2D eigenvalue weighted by atomic mass is 9.75. The van der Waals surface area contributed by atoms with E-state index in [1.165, 1.54) is 6.33 Å². The van der Waals surface area contributed by atoms with Gasteiger partial charge in [0.25, 0.3) is 0 Å². The first-order chi connectivity index (χ1) is 13.8. The molecule has 1 aliphatic rings. The van der Waals surface area contributed by atoms with E-state index in [1.54, 1.807) is 11.8 Å². The lowest BCUT2D eigenvalue weighted by molar-refractivity contribution is 0.0910. The average Bonchev–Trinajstić information content (AvgIpc) is 2.97. The van der Waals surface area contributed by atoms with E-state index in [0.717, 1.165) is 63.3 Å². The quantitative estimate of drug-likeness (QED) is 0.454. The minimum atomic E-state index is -0.0330. The molecule has 0 aliphatic heterocycles. The number of nitrogen functional groups attached to an aromatic ring is 1. The number of benzene rings is 1. The van der Waals surface area contributed by atoms with Crippen molar-refractivity contribution in [2.75, 3.05) is 11.5 Å². The fourth-order valence-corrected chi connectivity index (χ4v) is 5.46. The highest BCUT2D eigenvalue weighted by Crippen LogP contribution is 2.39. The maximum atomic E-state index is 12.8. The normalized spacial score (nSPS) is 15.7. The maximum absolute atomic E-state index is 12.8. The van der Waals surface area contributed by atoms with Crippen LogP contribution in [0.4, 0.5) is 5.82 Å². The molecule has 5 nitrogen and oxygen atoms in total. The number of nitrogens with zero attached hydrogens (tertiary/aromatic N) is 3. The van der Waals surface area contributed by atoms with Gasteiger partial charge in [0.05, 0.1) is 10.9 Å². The predicted octanol–water partition coefficient (Wildman–Crippen LogP) is 5.36. The molecule has 6 heteroatoms. The molecule has 0 unspecified atom stereocenters. The first-order valence-corrected chi connectivity index (χ1v) is 11.2. The van der Waals surface area contributed by atoms with Crippen molar-refractivity contribution in [3.8, 4) is 5.69 Å². The molecule has 29 heavy (non-hydrogen) atoms. The van der Waals surface area contributed by atoms with Crippen LogP contribution in [0.15, 0.2) is 29.6 Å². The van der Waals surface area contributed by atoms with Gasteiger partial charge in [-0.1, -0.05) is 27.2 Å². The van der Waals surface area contributed by atoms with Gasteiger partial charge in [-0.15, -0.1) is 11.8 Å². The zero-order valence-corrected chi connectivity index (χ0v) is 18.4. The van der Waals surface area contributed by atoms with Gasteiger partial charge < -0.3 is 10.3 Å². The number of ketones is 1. The van der Waals surface area contributed by atoms with Crippen molar-refractivity contribution in [1.29, 1.82) is 0 Å². The van der Waals surface area contributed by atoms with Crippen LogP contribution in [0.1, 0.15) is 61.6 Å². The number of aromatic nitrogens is 3. The Morgan fingerprint density at radius 2 is 2.03 bits per heavy atom. The first-order valence-electron chi connectivity index (χ1n) is 10.2. The third-order valence-corrected chi connectivity index (χ3v) is 6.74. The van der Waals surface area contributed by atoms with Gasteiger partial charge in [0.15, 0.2) is 5.78 Å². The van der Waals surface area contributed by atoms with Gasteiger partial charge in [-0.2, -0.15) is 0 Å². The molecule has 0 spiro atoms. The molecule has 0 amide bonds. The molecule has 0 bridgehead atoms. The van der Waals surface area contributed by atoms with Crippen molar-refractivity contribution in [2.45, 2.75) is 58.3 Å². The van der Waals surface area contributed by atoms with E-state index in [-0.39, 0.29) is 11.2 Å². The highest BCUT2D eigenvalue weighted by atomic mass is 32.2. The molecule has 0 fully saturated rings. The zero-order valence-electron chi connectivity index (χ0n) is 17.6. The molecule has 0 saturated heterocycles. The van der Waals surface area contributed by atoms with Crippen molar-refractivity contribution in [2.24, 2.45) is 5.41 Å². The molecule has 2 heterocycles. The lowest BCUT2D eigenvalue weighted by Gasteiger charge is -2.30. The monoisotopic (exact) mass is 408 g/mol. The number of thioether (sulfide) groups is 1. The van der Waals surface area contributed by atoms with E-state index in [9.17, 15) is 4.79 Å². The molecule has 3 aromatic rings. The Labute approximate surface area is 176 Å². The Balaban J connectivity index is 1.89. The number of Topliss-reactive ketones (excluding diaryl/α,β-unsaturated/α-hetero) is 1. The number of fused-ring (bicyclic) bond motifs is 2. The van der Waals surface area contributed by atoms with Crippen LogP contribution in [-0.2, 0) is 6.42 Å². The van der Waals surface area contributed by atoms with Crippen LogP contribution in [0.5, 0.6) is 0 Å². The number of aryl methyl sites for hydroxylation is 1. The van der Waals surface area contributed by atoms with Crippen LogP contribution in [0.3, 0.4) is 0 Å². The largest absolute Gasteiger partial charge is 0.383 e. The highest BCUT2D eigenvalue weighted by molar-refractivity contribution is 7.99. The lowest BCUT2D eigenvalue weighted by Crippen LogP contribution is -2.28. The van der Waals surface area contributed by atoms with Crippen molar-refractivity contribution >= 4 is 34.3 Å². The fraction of sp³-hybridized carbons (Fsp3) is 0.435. The second-order valence-corrected chi connectivity index (χ2v) is 9.88. The zero-order chi connectivity index (χ0) is 20.8. The van der Waals surface area contributed by atoms with Gasteiger partial charge in [-0.05, 0) is 48.6 Å². The minimum absolute atomic E-state index is 0.0330. The van der Waals surface area contributed by atoms with Crippen LogP contribution in [0.2, 0.25) is 0 Å². The van der Waals surface area contributed by atoms with Crippen LogP contribution in [0, 0.1) is 12.3 Å². The number of unbranched alkanes of at least 4 members (excludes halogenated alkanes) is 1. The molecule has 1 aliphatic carbocycles. The Morgan fingerprint density at radius 3 is 2.79 bits per heavy atom. The van der Waals surface area contributed by atoms with Crippen molar-refractivity contribution in [3.63, 3.8) is 0 Å². The summed E-state index contributed by atoms with van der Waals surface area (Å²) in [7, 11) is 0. The Morgan fingerprint density at radius 1 is 1.24 bits per heavy atom. The SMILES string of the molecule is CCCCSc1cc(-n2cc(C)c3c2CC(C)(C)CC3=O)cc2ncnc(N)c12. The summed E-state index contributed by atoms with van der Waals surface area (Å²) in [6.45, 7) is 8.56. The summed E-state index contributed by atoms with van der Waals surface area (Å²) in [6, 6.07) is 4.23. The highest BCUT2D eigenvalue weighted by Gasteiger charge is 2.34. The van der Waals surface area contributed by atoms with E-state index >= 15 is 0 Å². The Hall–Kier alpha value is -2.34. The number of nitrogens with two attached hydrogens (primary N) is 1. The molecule has 2 N–H and O–H groups in total. The van der Waals surface area contributed by atoms with Crippen LogP contribution < -0.4 is 5.73 Å². The smallest absolute Gasteiger partial charge is 0.165 e. The number of anilines is 1. The molecule has 2 aromatic heterocycles. The minimum Gasteiger partial charge on any atom is -0.383 e.